The van der Waals surface area contributed by atoms with Gasteiger partial charge in [-0.2, -0.15) is 5.26 Å². The number of hydrogen-bond donors (Lipinski definition) is 1. The number of nitrogens with one attached hydrogen (secondary N) is 1. The molecule has 0 aromatic heterocycles. The van der Waals surface area contributed by atoms with Crippen molar-refractivity contribution < 1.29 is 42.3 Å². The van der Waals surface area contributed by atoms with E-state index in [4.69, 9.17) is 61.2 Å². The minimum Gasteiger partial charge on any atom is -0.497 e. The Balaban J connectivity index is 1.64. The Hall–Kier alpha value is -3.66. The zero-order chi connectivity index (χ0) is 41.6. The third-order valence-electron chi connectivity index (χ3n) is 8.73. The molecule has 0 aliphatic heterocycles. The average molecular weight is 849 g/mol. The first-order valence-electron chi connectivity index (χ1n) is 19.1. The number of nitrogens with zero attached hydrogens (tertiary/aromatic N) is 2. The maximum Gasteiger partial charge on any atom is 0.407 e. The van der Waals surface area contributed by atoms with Gasteiger partial charge < -0.3 is 38.0 Å². The summed E-state index contributed by atoms with van der Waals surface area (Å²) in [6.07, 6.45) is 1.79. The summed E-state index contributed by atoms with van der Waals surface area (Å²) in [5.41, 5.74) is 1.14. The number of carbonyl (C=O) groups is 2. The number of nitriles is 1. The Morgan fingerprint density at radius 2 is 1.30 bits per heavy atom. The minimum atomic E-state index is -1.45. The molecule has 57 heavy (non-hydrogen) atoms. The van der Waals surface area contributed by atoms with Gasteiger partial charge in [0.25, 0.3) is 8.53 Å². The third kappa shape index (κ3) is 15.2. The van der Waals surface area contributed by atoms with Gasteiger partial charge in [0.2, 0.25) is 4.84 Å². The molecule has 0 radical (unpaired) electrons. The highest BCUT2D eigenvalue weighted by atomic mass is 35.5. The van der Waals surface area contributed by atoms with E-state index < -0.39 is 37.1 Å². The molecule has 12 nitrogen and oxygen atoms in total. The van der Waals surface area contributed by atoms with Crippen molar-refractivity contribution in [2.24, 2.45) is 0 Å². The van der Waals surface area contributed by atoms with Crippen molar-refractivity contribution >= 4 is 43.8 Å². The van der Waals surface area contributed by atoms with Crippen molar-refractivity contribution in [1.29, 1.82) is 5.26 Å². The van der Waals surface area contributed by atoms with E-state index in [1.54, 1.807) is 14.2 Å². The van der Waals surface area contributed by atoms with E-state index in [1.165, 1.54) is 0 Å². The Morgan fingerprint density at radius 1 is 0.772 bits per heavy atom. The number of alkyl halides is 2. The summed E-state index contributed by atoms with van der Waals surface area (Å²) in [5.74, 6) is 0.448. The van der Waals surface area contributed by atoms with Crippen molar-refractivity contribution in [3.05, 3.63) is 95.6 Å². The largest absolute Gasteiger partial charge is 0.497 e. The van der Waals surface area contributed by atoms with Crippen LogP contribution in [0.2, 0.25) is 0 Å². The molecule has 1 amide bonds. The fourth-order valence-electron chi connectivity index (χ4n) is 6.07. The first-order chi connectivity index (χ1) is 27.5. The topological polar surface area (TPSA) is 138 Å². The molecule has 0 aliphatic carbocycles. The zero-order valence-electron chi connectivity index (χ0n) is 33.7. The van der Waals surface area contributed by atoms with Crippen molar-refractivity contribution in [3.8, 4) is 17.6 Å². The van der Waals surface area contributed by atoms with Crippen LogP contribution in [0.15, 0.2) is 78.9 Å². The summed E-state index contributed by atoms with van der Waals surface area (Å²) in [6, 6.07) is 27.2. The lowest BCUT2D eigenvalue weighted by Crippen LogP contribution is -2.42. The average Bonchev–Trinajstić information content (AvgIpc) is 3.21. The maximum absolute atomic E-state index is 12.8. The molecule has 3 aromatic rings. The lowest BCUT2D eigenvalue weighted by molar-refractivity contribution is -0.152. The van der Waals surface area contributed by atoms with Crippen LogP contribution in [0.3, 0.4) is 0 Å². The number of benzene rings is 3. The first-order valence-corrected chi connectivity index (χ1v) is 21.1. The van der Waals surface area contributed by atoms with Crippen LogP contribution < -0.4 is 14.8 Å². The monoisotopic (exact) mass is 847 g/mol. The number of methoxy groups -OCH3 is 2. The molecule has 1 N–H and O–H groups in total. The number of halogens is 2. The molecule has 0 spiro atoms. The Morgan fingerprint density at radius 3 is 1.81 bits per heavy atom. The number of esters is 1. The van der Waals surface area contributed by atoms with Crippen LogP contribution in [0, 0.1) is 11.3 Å². The lowest BCUT2D eigenvalue weighted by atomic mass is 9.80. The van der Waals surface area contributed by atoms with Gasteiger partial charge in [-0.25, -0.2) is 14.3 Å². The van der Waals surface area contributed by atoms with E-state index in [2.05, 4.69) is 43.8 Å². The van der Waals surface area contributed by atoms with Gasteiger partial charge in [0.15, 0.2) is 0 Å². The second-order valence-electron chi connectivity index (χ2n) is 13.5. The SMILES string of the molecule is COc1ccc(C(OC[C@@H](CNC(=O)OCCCCCCOP(OCCC#N)N(C(C)C)C(C)C)OC(=O)C(Cl)Cl)(c2ccccc2)c2ccc(OC)cc2)cc1. The molecule has 0 saturated heterocycles. The molecule has 0 aliphatic rings. The molecule has 2 atom stereocenters. The van der Waals surface area contributed by atoms with Gasteiger partial charge in [-0.05, 0) is 87.9 Å². The summed E-state index contributed by atoms with van der Waals surface area (Å²) in [5, 5.41) is 11.6. The molecule has 0 saturated carbocycles. The smallest absolute Gasteiger partial charge is 0.407 e. The van der Waals surface area contributed by atoms with E-state index in [9.17, 15) is 9.59 Å². The van der Waals surface area contributed by atoms with Crippen molar-refractivity contribution in [2.45, 2.75) is 88.4 Å². The van der Waals surface area contributed by atoms with Gasteiger partial charge in [-0.15, -0.1) is 0 Å². The number of carbonyl (C=O) groups excluding carboxylic acids is 2. The van der Waals surface area contributed by atoms with E-state index in [0.717, 1.165) is 36.0 Å². The fraction of sp³-hybridized carbons (Fsp3) is 0.500. The molecular weight excluding hydrogens is 792 g/mol. The van der Waals surface area contributed by atoms with E-state index in [0.29, 0.717) is 37.6 Å². The summed E-state index contributed by atoms with van der Waals surface area (Å²) >= 11 is 11.7. The van der Waals surface area contributed by atoms with Gasteiger partial charge in [-0.1, -0.05) is 84.2 Å². The predicted octanol–water partition coefficient (Wildman–Crippen LogP) is 9.31. The highest BCUT2D eigenvalue weighted by Crippen LogP contribution is 2.46. The number of rotatable bonds is 26. The Kier molecular flexibility index (Phi) is 21.5. The maximum atomic E-state index is 12.8. The second-order valence-corrected chi connectivity index (χ2v) is 16.0. The molecule has 15 heteroatoms. The molecule has 3 rings (SSSR count). The van der Waals surface area contributed by atoms with Gasteiger partial charge in [-0.3, -0.25) is 0 Å². The summed E-state index contributed by atoms with van der Waals surface area (Å²) in [4.78, 5) is 24.0. The van der Waals surface area contributed by atoms with E-state index >= 15 is 0 Å². The first kappa shape index (κ1) is 47.7. The van der Waals surface area contributed by atoms with Gasteiger partial charge >= 0.3 is 12.1 Å². The number of amides is 1. The van der Waals surface area contributed by atoms with Crippen molar-refractivity contribution in [3.63, 3.8) is 0 Å². The van der Waals surface area contributed by atoms with Crippen LogP contribution in [0.1, 0.15) is 76.5 Å². The van der Waals surface area contributed by atoms with E-state index in [-0.39, 0.29) is 31.8 Å². The molecule has 0 heterocycles. The highest BCUT2D eigenvalue weighted by Gasteiger charge is 2.39. The van der Waals surface area contributed by atoms with Gasteiger partial charge in [0.1, 0.15) is 23.2 Å². The molecule has 0 fully saturated rings. The summed E-state index contributed by atoms with van der Waals surface area (Å²) < 4.78 is 43.1. The van der Waals surface area contributed by atoms with Crippen molar-refractivity contribution in [2.75, 3.05) is 47.2 Å². The molecule has 312 valence electrons. The number of ether oxygens (including phenoxy) is 5. The van der Waals surface area contributed by atoms with Crippen LogP contribution in [0.5, 0.6) is 11.5 Å². The second kappa shape index (κ2) is 25.6. The number of alkyl carbamates (subject to hydrolysis) is 1. The van der Waals surface area contributed by atoms with Crippen LogP contribution in [0.25, 0.3) is 0 Å². The summed E-state index contributed by atoms with van der Waals surface area (Å²) in [6.45, 7) is 9.14. The van der Waals surface area contributed by atoms with Gasteiger partial charge in [0, 0.05) is 12.1 Å². The molecule has 1 unspecified atom stereocenters. The highest BCUT2D eigenvalue weighted by molar-refractivity contribution is 7.44. The molecular formula is C42H56Cl2N3O9P. The lowest BCUT2D eigenvalue weighted by Gasteiger charge is -2.37. The summed E-state index contributed by atoms with van der Waals surface area (Å²) in [7, 11) is 1.91. The normalized spacial score (nSPS) is 12.7. The quantitative estimate of drug-likeness (QED) is 0.0272. The van der Waals surface area contributed by atoms with Crippen LogP contribution in [-0.4, -0.2) is 86.9 Å². The van der Waals surface area contributed by atoms with Gasteiger partial charge in [0.05, 0.1) is 59.7 Å². The Labute approximate surface area is 348 Å². The fourth-order valence-corrected chi connectivity index (χ4v) is 7.80. The van der Waals surface area contributed by atoms with Crippen molar-refractivity contribution in [1.82, 2.24) is 9.99 Å². The number of hydrogen-bond acceptors (Lipinski definition) is 11. The van der Waals surface area contributed by atoms with Crippen LogP contribution in [-0.2, 0) is 33.7 Å². The molecule has 0 bridgehead atoms. The zero-order valence-corrected chi connectivity index (χ0v) is 36.1. The number of unbranched alkanes of at least 4 members (excludes halogenated alkanes) is 3. The van der Waals surface area contributed by atoms with Crippen LogP contribution in [0.4, 0.5) is 4.79 Å². The minimum absolute atomic E-state index is 0.137. The third-order valence-corrected chi connectivity index (χ3v) is 11.2. The van der Waals surface area contributed by atoms with Crippen LogP contribution >= 0.6 is 31.7 Å². The van der Waals surface area contributed by atoms with E-state index in [1.807, 2.05) is 78.9 Å². The Bertz CT molecular complexity index is 1590. The molecule has 3 aromatic carbocycles. The predicted molar refractivity (Wildman–Crippen MR) is 223 cm³/mol. The standard InChI is InChI=1S/C42H56Cl2N3O9P/c1-31(2)47(32(3)4)57(55-28-14-25-45)54-27-13-8-7-12-26-52-41(49)46-29-38(56-40(48)39(43)44)30-53-42(33-15-10-9-11-16-33,34-17-21-36(50-5)22-18-34)35-19-23-37(51-6)24-20-35/h9-11,15-24,31-32,38-39H,7-8,12-14,26-30H2,1-6H3,(H,46,49)/t38-,57?/m1/s1.